The molecule has 0 aliphatic rings. The SMILES string of the molecule is COC(=O)c1ccccc1NC(=O)Cn1cnc2ccsc2c1=O. The Morgan fingerprint density at radius 2 is 2.08 bits per heavy atom. The first-order valence-corrected chi connectivity index (χ1v) is 7.88. The van der Waals surface area contributed by atoms with Crippen LogP contribution in [-0.2, 0) is 16.1 Å². The average Bonchev–Trinajstić information content (AvgIpc) is 3.06. The first-order chi connectivity index (χ1) is 11.6. The van der Waals surface area contributed by atoms with Crippen molar-refractivity contribution < 1.29 is 14.3 Å². The molecule has 0 spiro atoms. The zero-order valence-corrected chi connectivity index (χ0v) is 13.5. The number of anilines is 1. The lowest BCUT2D eigenvalue weighted by atomic mass is 10.2. The van der Waals surface area contributed by atoms with Gasteiger partial charge in [0.25, 0.3) is 5.56 Å². The van der Waals surface area contributed by atoms with Gasteiger partial charge in [-0.15, -0.1) is 11.3 Å². The summed E-state index contributed by atoms with van der Waals surface area (Å²) in [7, 11) is 1.27. The largest absolute Gasteiger partial charge is 0.465 e. The Morgan fingerprint density at radius 1 is 1.29 bits per heavy atom. The number of fused-ring (bicyclic) bond motifs is 1. The standard InChI is InChI=1S/C16H13N3O4S/c1-23-16(22)10-4-2-3-5-11(10)18-13(20)8-19-9-17-12-6-7-24-14(12)15(19)21/h2-7,9H,8H2,1H3,(H,18,20). The first-order valence-electron chi connectivity index (χ1n) is 7.00. The highest BCUT2D eigenvalue weighted by Crippen LogP contribution is 2.16. The number of rotatable bonds is 4. The molecule has 0 radical (unpaired) electrons. The molecule has 1 amide bonds. The molecule has 0 fully saturated rings. The van der Waals surface area contributed by atoms with Gasteiger partial charge >= 0.3 is 5.97 Å². The van der Waals surface area contributed by atoms with Crippen molar-refractivity contribution in [3.05, 3.63) is 58.0 Å². The van der Waals surface area contributed by atoms with Crippen molar-refractivity contribution in [1.29, 1.82) is 0 Å². The number of benzene rings is 1. The third-order valence-electron chi connectivity index (χ3n) is 3.36. The number of hydrogen-bond acceptors (Lipinski definition) is 6. The number of thiophene rings is 1. The fourth-order valence-corrected chi connectivity index (χ4v) is 3.01. The first kappa shape index (κ1) is 15.9. The minimum atomic E-state index is -0.551. The maximum absolute atomic E-state index is 12.3. The van der Waals surface area contributed by atoms with Crippen LogP contribution >= 0.6 is 11.3 Å². The molecule has 3 rings (SSSR count). The van der Waals surface area contributed by atoms with Crippen LogP contribution in [0.3, 0.4) is 0 Å². The Bertz CT molecular complexity index is 977. The van der Waals surface area contributed by atoms with Crippen molar-refractivity contribution in [1.82, 2.24) is 9.55 Å². The van der Waals surface area contributed by atoms with Crippen molar-refractivity contribution in [3.8, 4) is 0 Å². The van der Waals surface area contributed by atoms with Crippen molar-refractivity contribution in [2.45, 2.75) is 6.54 Å². The van der Waals surface area contributed by atoms with Crippen LogP contribution in [-0.4, -0.2) is 28.5 Å². The number of carbonyl (C=O) groups is 2. The van der Waals surface area contributed by atoms with E-state index in [-0.39, 0.29) is 17.7 Å². The summed E-state index contributed by atoms with van der Waals surface area (Å²) in [6.07, 6.45) is 1.34. The van der Waals surface area contributed by atoms with Gasteiger partial charge in [-0.05, 0) is 23.6 Å². The molecule has 0 aliphatic carbocycles. The van der Waals surface area contributed by atoms with E-state index in [1.54, 1.807) is 35.7 Å². The molecule has 24 heavy (non-hydrogen) atoms. The summed E-state index contributed by atoms with van der Waals surface area (Å²) < 4.78 is 6.41. The van der Waals surface area contributed by atoms with E-state index in [4.69, 9.17) is 0 Å². The number of hydrogen-bond donors (Lipinski definition) is 1. The molecule has 1 aromatic carbocycles. The molecule has 0 atom stereocenters. The van der Waals surface area contributed by atoms with Crippen molar-refractivity contribution in [2.75, 3.05) is 12.4 Å². The van der Waals surface area contributed by atoms with Gasteiger partial charge < -0.3 is 10.1 Å². The highest BCUT2D eigenvalue weighted by Gasteiger charge is 2.14. The maximum Gasteiger partial charge on any atom is 0.339 e. The van der Waals surface area contributed by atoms with Gasteiger partial charge in [-0.3, -0.25) is 14.2 Å². The van der Waals surface area contributed by atoms with E-state index in [2.05, 4.69) is 15.0 Å². The Kier molecular flexibility index (Phi) is 4.39. The average molecular weight is 343 g/mol. The number of amides is 1. The van der Waals surface area contributed by atoms with Crippen molar-refractivity contribution in [3.63, 3.8) is 0 Å². The van der Waals surface area contributed by atoms with E-state index < -0.39 is 11.9 Å². The van der Waals surface area contributed by atoms with Gasteiger partial charge in [-0.2, -0.15) is 0 Å². The third kappa shape index (κ3) is 3.04. The predicted molar refractivity (Wildman–Crippen MR) is 90.3 cm³/mol. The van der Waals surface area contributed by atoms with Gasteiger partial charge in [0.2, 0.25) is 5.91 Å². The number of aromatic nitrogens is 2. The summed E-state index contributed by atoms with van der Waals surface area (Å²) in [5.74, 6) is -0.990. The van der Waals surface area contributed by atoms with E-state index in [9.17, 15) is 14.4 Å². The molecule has 3 aromatic rings. The zero-order chi connectivity index (χ0) is 17.1. The molecule has 0 bridgehead atoms. The molecule has 0 aliphatic heterocycles. The second-order valence-electron chi connectivity index (χ2n) is 4.90. The van der Waals surface area contributed by atoms with E-state index in [1.165, 1.54) is 29.3 Å². The quantitative estimate of drug-likeness (QED) is 0.731. The second kappa shape index (κ2) is 6.63. The highest BCUT2D eigenvalue weighted by molar-refractivity contribution is 7.17. The van der Waals surface area contributed by atoms with E-state index in [1.807, 2.05) is 0 Å². The van der Waals surface area contributed by atoms with Crippen LogP contribution in [0, 0.1) is 0 Å². The van der Waals surface area contributed by atoms with Crippen LogP contribution in [0.15, 0.2) is 46.8 Å². The minimum Gasteiger partial charge on any atom is -0.465 e. The molecule has 0 saturated carbocycles. The molecule has 2 heterocycles. The van der Waals surface area contributed by atoms with Gasteiger partial charge in [0.1, 0.15) is 11.2 Å². The smallest absolute Gasteiger partial charge is 0.339 e. The monoisotopic (exact) mass is 343 g/mol. The van der Waals surface area contributed by atoms with E-state index in [0.29, 0.717) is 15.9 Å². The predicted octanol–water partition coefficient (Wildman–Crippen LogP) is 1.88. The Labute approximate surface area is 140 Å². The minimum absolute atomic E-state index is 0.199. The van der Waals surface area contributed by atoms with Gasteiger partial charge in [0.15, 0.2) is 0 Å². The van der Waals surface area contributed by atoms with Crippen LogP contribution in [0.25, 0.3) is 10.2 Å². The molecule has 0 unspecified atom stereocenters. The summed E-state index contributed by atoms with van der Waals surface area (Å²) in [5, 5.41) is 4.39. The van der Waals surface area contributed by atoms with Crippen LogP contribution < -0.4 is 10.9 Å². The molecule has 2 aromatic heterocycles. The normalized spacial score (nSPS) is 10.5. The molecule has 7 nitrogen and oxygen atoms in total. The Morgan fingerprint density at radius 3 is 2.88 bits per heavy atom. The Balaban J connectivity index is 1.82. The number of nitrogens with one attached hydrogen (secondary N) is 1. The van der Waals surface area contributed by atoms with Crippen LogP contribution in [0.1, 0.15) is 10.4 Å². The lowest BCUT2D eigenvalue weighted by molar-refractivity contribution is -0.116. The van der Waals surface area contributed by atoms with Crippen molar-refractivity contribution >= 4 is 39.1 Å². The lowest BCUT2D eigenvalue weighted by Crippen LogP contribution is -2.28. The summed E-state index contributed by atoms with van der Waals surface area (Å²) in [4.78, 5) is 40.4. The van der Waals surface area contributed by atoms with Gasteiger partial charge in [0.05, 0.1) is 30.2 Å². The Hall–Kier alpha value is -3.00. The van der Waals surface area contributed by atoms with E-state index in [0.717, 1.165) is 0 Å². The fraction of sp³-hybridized carbons (Fsp3) is 0.125. The number of methoxy groups -OCH3 is 1. The highest BCUT2D eigenvalue weighted by atomic mass is 32.1. The summed E-state index contributed by atoms with van der Waals surface area (Å²) in [6, 6.07) is 8.24. The lowest BCUT2D eigenvalue weighted by Gasteiger charge is -2.10. The molecule has 0 saturated heterocycles. The summed E-state index contributed by atoms with van der Waals surface area (Å²) in [5.41, 5.74) is 0.907. The fourth-order valence-electron chi connectivity index (χ4n) is 2.22. The van der Waals surface area contributed by atoms with Crippen molar-refractivity contribution in [2.24, 2.45) is 0 Å². The number of ether oxygens (including phenoxy) is 1. The topological polar surface area (TPSA) is 90.3 Å². The number of esters is 1. The molecule has 8 heteroatoms. The summed E-state index contributed by atoms with van der Waals surface area (Å²) in [6.45, 7) is -0.199. The van der Waals surface area contributed by atoms with E-state index >= 15 is 0 Å². The molecular weight excluding hydrogens is 330 g/mol. The number of para-hydroxylation sites is 1. The zero-order valence-electron chi connectivity index (χ0n) is 12.7. The van der Waals surface area contributed by atoms with Gasteiger partial charge in [0, 0.05) is 0 Å². The molecule has 1 N–H and O–H groups in total. The van der Waals surface area contributed by atoms with Gasteiger partial charge in [-0.1, -0.05) is 12.1 Å². The third-order valence-corrected chi connectivity index (χ3v) is 4.25. The number of carbonyl (C=O) groups excluding carboxylic acids is 2. The summed E-state index contributed by atoms with van der Waals surface area (Å²) >= 11 is 1.28. The molecular formula is C16H13N3O4S. The van der Waals surface area contributed by atoms with Crippen LogP contribution in [0.5, 0.6) is 0 Å². The molecule has 122 valence electrons. The maximum atomic E-state index is 12.3. The van der Waals surface area contributed by atoms with Crippen LogP contribution in [0.2, 0.25) is 0 Å². The number of nitrogens with zero attached hydrogens (tertiary/aromatic N) is 2. The van der Waals surface area contributed by atoms with Gasteiger partial charge in [-0.25, -0.2) is 9.78 Å². The van der Waals surface area contributed by atoms with Crippen LogP contribution in [0.4, 0.5) is 5.69 Å². The second-order valence-corrected chi connectivity index (χ2v) is 5.81.